The SMILES string of the molecule is CCCN(CC(=O)N1CCc2sccc2C1c1ccccc1)C(=O)C1CCCC1. The fourth-order valence-electron chi connectivity index (χ4n) is 4.80. The number of hydrogen-bond donors (Lipinski definition) is 0. The lowest BCUT2D eigenvalue weighted by molar-refractivity contribution is -0.144. The highest BCUT2D eigenvalue weighted by Gasteiger charge is 2.35. The molecule has 5 heteroatoms. The maximum absolute atomic E-state index is 13.5. The van der Waals surface area contributed by atoms with E-state index in [9.17, 15) is 9.59 Å². The molecular weight excluding hydrogens is 380 g/mol. The molecule has 0 bridgehead atoms. The van der Waals surface area contributed by atoms with Crippen molar-refractivity contribution in [1.82, 2.24) is 9.80 Å². The number of carbonyl (C=O) groups excluding carboxylic acids is 2. The molecule has 2 amide bonds. The summed E-state index contributed by atoms with van der Waals surface area (Å²) in [6.45, 7) is 3.65. The third-order valence-electron chi connectivity index (χ3n) is 6.24. The van der Waals surface area contributed by atoms with Crippen molar-refractivity contribution >= 4 is 23.2 Å². The lowest BCUT2D eigenvalue weighted by Crippen LogP contribution is -2.48. The first-order valence-electron chi connectivity index (χ1n) is 10.9. The summed E-state index contributed by atoms with van der Waals surface area (Å²) in [7, 11) is 0. The average molecular weight is 411 g/mol. The molecule has 1 aromatic heterocycles. The van der Waals surface area contributed by atoms with Gasteiger partial charge in [-0.15, -0.1) is 11.3 Å². The fourth-order valence-corrected chi connectivity index (χ4v) is 5.71. The maximum atomic E-state index is 13.5. The molecule has 0 saturated heterocycles. The molecular formula is C24H30N2O2S. The summed E-state index contributed by atoms with van der Waals surface area (Å²) in [6, 6.07) is 12.4. The molecule has 1 fully saturated rings. The summed E-state index contributed by atoms with van der Waals surface area (Å²) in [4.78, 5) is 31.7. The van der Waals surface area contributed by atoms with Crippen molar-refractivity contribution < 1.29 is 9.59 Å². The Bertz CT molecular complexity index is 842. The van der Waals surface area contributed by atoms with E-state index in [1.807, 2.05) is 28.0 Å². The average Bonchev–Trinajstić information content (AvgIpc) is 3.44. The predicted molar refractivity (Wildman–Crippen MR) is 117 cm³/mol. The van der Waals surface area contributed by atoms with Gasteiger partial charge < -0.3 is 9.80 Å². The van der Waals surface area contributed by atoms with E-state index in [0.29, 0.717) is 13.1 Å². The van der Waals surface area contributed by atoms with Gasteiger partial charge in [-0.3, -0.25) is 9.59 Å². The molecule has 0 radical (unpaired) electrons. The Kier molecular flexibility index (Phi) is 6.34. The van der Waals surface area contributed by atoms with Gasteiger partial charge in [-0.2, -0.15) is 0 Å². The van der Waals surface area contributed by atoms with E-state index < -0.39 is 0 Å². The van der Waals surface area contributed by atoms with Crippen molar-refractivity contribution in [2.75, 3.05) is 19.6 Å². The van der Waals surface area contributed by atoms with E-state index in [1.165, 1.54) is 10.4 Å². The van der Waals surface area contributed by atoms with Gasteiger partial charge in [0, 0.05) is 23.9 Å². The number of benzene rings is 1. The second kappa shape index (κ2) is 9.12. The predicted octanol–water partition coefficient (Wildman–Crippen LogP) is 4.65. The zero-order valence-electron chi connectivity index (χ0n) is 17.2. The zero-order chi connectivity index (χ0) is 20.2. The Balaban J connectivity index is 1.56. The van der Waals surface area contributed by atoms with Gasteiger partial charge in [0.15, 0.2) is 0 Å². The third-order valence-corrected chi connectivity index (χ3v) is 7.23. The molecule has 1 unspecified atom stereocenters. The Morgan fingerprint density at radius 3 is 2.62 bits per heavy atom. The highest BCUT2D eigenvalue weighted by atomic mass is 32.1. The van der Waals surface area contributed by atoms with Crippen LogP contribution < -0.4 is 0 Å². The van der Waals surface area contributed by atoms with Crippen LogP contribution in [0.4, 0.5) is 0 Å². The summed E-state index contributed by atoms with van der Waals surface area (Å²) in [5, 5.41) is 2.13. The smallest absolute Gasteiger partial charge is 0.242 e. The summed E-state index contributed by atoms with van der Waals surface area (Å²) in [5.41, 5.74) is 2.38. The van der Waals surface area contributed by atoms with Crippen LogP contribution in [0.15, 0.2) is 41.8 Å². The molecule has 154 valence electrons. The van der Waals surface area contributed by atoms with Crippen LogP contribution in [-0.2, 0) is 16.0 Å². The van der Waals surface area contributed by atoms with Gasteiger partial charge in [0.25, 0.3) is 0 Å². The first-order chi connectivity index (χ1) is 14.2. The molecule has 2 aliphatic rings. The first-order valence-corrected chi connectivity index (χ1v) is 11.8. The maximum Gasteiger partial charge on any atom is 0.242 e. The van der Waals surface area contributed by atoms with Crippen molar-refractivity contribution in [3.63, 3.8) is 0 Å². The summed E-state index contributed by atoms with van der Waals surface area (Å²) >= 11 is 1.78. The molecule has 2 aromatic rings. The number of rotatable bonds is 6. The van der Waals surface area contributed by atoms with Gasteiger partial charge in [-0.25, -0.2) is 0 Å². The molecule has 29 heavy (non-hydrogen) atoms. The van der Waals surface area contributed by atoms with E-state index in [2.05, 4.69) is 30.5 Å². The van der Waals surface area contributed by atoms with Crippen LogP contribution in [0.25, 0.3) is 0 Å². The molecule has 1 aromatic carbocycles. The van der Waals surface area contributed by atoms with Gasteiger partial charge >= 0.3 is 0 Å². The molecule has 1 aliphatic heterocycles. The lowest BCUT2D eigenvalue weighted by Gasteiger charge is -2.38. The van der Waals surface area contributed by atoms with Crippen LogP contribution in [0.1, 0.15) is 61.1 Å². The van der Waals surface area contributed by atoms with Gasteiger partial charge in [0.2, 0.25) is 11.8 Å². The largest absolute Gasteiger partial charge is 0.333 e. The topological polar surface area (TPSA) is 40.6 Å². The second-order valence-corrected chi connectivity index (χ2v) is 9.19. The Labute approximate surface area is 177 Å². The quantitative estimate of drug-likeness (QED) is 0.695. The standard InChI is InChI=1S/C24H30N2O2S/c1-2-14-25(24(28)19-10-6-7-11-19)17-22(27)26-15-12-21-20(13-16-29-21)23(26)18-8-4-3-5-9-18/h3-5,8-9,13,16,19,23H,2,6-7,10-12,14-15,17H2,1H3. The highest BCUT2D eigenvalue weighted by Crippen LogP contribution is 2.38. The highest BCUT2D eigenvalue weighted by molar-refractivity contribution is 7.10. The summed E-state index contributed by atoms with van der Waals surface area (Å²) in [6.07, 6.45) is 5.99. The molecule has 1 aliphatic carbocycles. The van der Waals surface area contributed by atoms with Crippen LogP contribution in [0.2, 0.25) is 0 Å². The van der Waals surface area contributed by atoms with Gasteiger partial charge in [-0.05, 0) is 48.3 Å². The summed E-state index contributed by atoms with van der Waals surface area (Å²) < 4.78 is 0. The van der Waals surface area contributed by atoms with Crippen LogP contribution in [0.5, 0.6) is 0 Å². The van der Waals surface area contributed by atoms with Gasteiger partial charge in [0.05, 0.1) is 12.6 Å². The van der Waals surface area contributed by atoms with Gasteiger partial charge in [0.1, 0.15) is 0 Å². The van der Waals surface area contributed by atoms with Crippen LogP contribution >= 0.6 is 11.3 Å². The van der Waals surface area contributed by atoms with Crippen molar-refractivity contribution in [3.05, 3.63) is 57.8 Å². The Hall–Kier alpha value is -2.14. The van der Waals surface area contributed by atoms with Gasteiger partial charge in [-0.1, -0.05) is 50.1 Å². The van der Waals surface area contributed by atoms with Crippen molar-refractivity contribution in [3.8, 4) is 0 Å². The fraction of sp³-hybridized carbons (Fsp3) is 0.500. The van der Waals surface area contributed by atoms with Crippen molar-refractivity contribution in [2.45, 2.75) is 51.5 Å². The number of thiophene rings is 1. The Morgan fingerprint density at radius 2 is 1.90 bits per heavy atom. The van der Waals surface area contributed by atoms with Crippen LogP contribution in [0, 0.1) is 5.92 Å². The normalized spacial score (nSPS) is 19.2. The minimum absolute atomic E-state index is 0.0521. The molecule has 4 nitrogen and oxygen atoms in total. The molecule has 1 saturated carbocycles. The monoisotopic (exact) mass is 410 g/mol. The number of carbonyl (C=O) groups is 2. The first kappa shape index (κ1) is 20.1. The Morgan fingerprint density at radius 1 is 1.14 bits per heavy atom. The lowest BCUT2D eigenvalue weighted by atomic mass is 9.93. The van der Waals surface area contributed by atoms with E-state index in [4.69, 9.17) is 0 Å². The van der Waals surface area contributed by atoms with Crippen molar-refractivity contribution in [1.29, 1.82) is 0 Å². The minimum Gasteiger partial charge on any atom is -0.333 e. The number of nitrogens with zero attached hydrogens (tertiary/aromatic N) is 2. The molecule has 0 spiro atoms. The zero-order valence-corrected chi connectivity index (χ0v) is 18.0. The van der Waals surface area contributed by atoms with E-state index in [0.717, 1.165) is 44.1 Å². The molecule has 2 heterocycles. The third kappa shape index (κ3) is 4.25. The molecule has 4 rings (SSSR count). The number of amides is 2. The van der Waals surface area contributed by atoms with E-state index in [1.54, 1.807) is 11.3 Å². The molecule has 1 atom stereocenters. The van der Waals surface area contributed by atoms with E-state index >= 15 is 0 Å². The minimum atomic E-state index is -0.0521. The van der Waals surface area contributed by atoms with Crippen molar-refractivity contribution in [2.24, 2.45) is 5.92 Å². The molecule has 0 N–H and O–H groups in total. The van der Waals surface area contributed by atoms with Crippen LogP contribution in [0.3, 0.4) is 0 Å². The number of fused-ring (bicyclic) bond motifs is 1. The second-order valence-electron chi connectivity index (χ2n) is 8.19. The summed E-state index contributed by atoms with van der Waals surface area (Å²) in [5.74, 6) is 0.363. The number of hydrogen-bond acceptors (Lipinski definition) is 3. The van der Waals surface area contributed by atoms with E-state index in [-0.39, 0.29) is 30.3 Å². The van der Waals surface area contributed by atoms with Crippen LogP contribution in [-0.4, -0.2) is 41.2 Å².